The maximum Gasteiger partial charge on any atom is 0.352 e. The molecule has 120 valence electrons. The summed E-state index contributed by atoms with van der Waals surface area (Å²) in [5.74, 6) is -1.38. The van der Waals surface area contributed by atoms with Crippen molar-refractivity contribution in [2.45, 2.75) is 17.6 Å². The lowest BCUT2D eigenvalue weighted by Gasteiger charge is -2.54. The van der Waals surface area contributed by atoms with Gasteiger partial charge in [-0.05, 0) is 0 Å². The van der Waals surface area contributed by atoms with Crippen LogP contribution in [0.1, 0.15) is 0 Å². The number of β-lactam (4-membered cyclic amide) rings is 1. The van der Waals surface area contributed by atoms with Gasteiger partial charge in [0.2, 0.25) is 12.1 Å². The molecule has 0 aromatic carbocycles. The van der Waals surface area contributed by atoms with Crippen molar-refractivity contribution >= 4 is 30.0 Å². The summed E-state index contributed by atoms with van der Waals surface area (Å²) in [6.07, 6.45) is 4.00. The van der Waals surface area contributed by atoms with E-state index in [4.69, 9.17) is 5.73 Å². The number of nitrogens with zero attached hydrogens (tertiary/aromatic N) is 2. The van der Waals surface area contributed by atoms with Crippen LogP contribution in [0, 0.1) is 0 Å². The maximum absolute atomic E-state index is 12.3. The van der Waals surface area contributed by atoms with Gasteiger partial charge in [-0.2, -0.15) is 0 Å². The first-order valence-electron chi connectivity index (χ1n) is 6.84. The Balaban J connectivity index is 1.94. The van der Waals surface area contributed by atoms with Gasteiger partial charge < -0.3 is 10.4 Å². The highest BCUT2D eigenvalue weighted by Crippen LogP contribution is 2.43. The topological polar surface area (TPSA) is 117 Å². The molecule has 1 aromatic heterocycles. The molecule has 4 N–H and O–H groups in total. The maximum atomic E-state index is 12.3. The van der Waals surface area contributed by atoms with Crippen molar-refractivity contribution in [1.82, 2.24) is 10.2 Å². The number of hydrogen-bond acceptors (Lipinski definition) is 5. The smallest absolute Gasteiger partial charge is 0.352 e. The number of aliphatic carboxylic acids is 1. The van der Waals surface area contributed by atoms with Crippen molar-refractivity contribution in [2.75, 3.05) is 5.75 Å². The molecule has 9 heteroatoms. The van der Waals surface area contributed by atoms with Crippen molar-refractivity contribution in [3.63, 3.8) is 0 Å². The average molecular weight is 335 g/mol. The van der Waals surface area contributed by atoms with Gasteiger partial charge in [0.25, 0.3) is 5.91 Å². The zero-order chi connectivity index (χ0) is 16.6. The summed E-state index contributed by atoms with van der Waals surface area (Å²) in [6, 6.07) is 5.54. The Hall–Kier alpha value is -2.39. The third-order valence-corrected chi connectivity index (χ3v) is 5.25. The van der Waals surface area contributed by atoms with E-state index in [1.54, 1.807) is 0 Å². The highest BCUT2D eigenvalue weighted by Gasteiger charge is 2.63. The first kappa shape index (κ1) is 15.5. The van der Waals surface area contributed by atoms with E-state index < -0.39 is 22.9 Å². The quantitative estimate of drug-likeness (QED) is 0.265. The van der Waals surface area contributed by atoms with Gasteiger partial charge in [-0.1, -0.05) is 6.07 Å². The number of thioether (sulfide) groups is 1. The summed E-state index contributed by atoms with van der Waals surface area (Å²) in [7, 11) is 0. The van der Waals surface area contributed by atoms with Crippen molar-refractivity contribution in [1.29, 1.82) is 0 Å². The second kappa shape index (κ2) is 5.67. The van der Waals surface area contributed by atoms with Crippen LogP contribution in [0.25, 0.3) is 0 Å². The van der Waals surface area contributed by atoms with Crippen LogP contribution in [0.4, 0.5) is 0 Å². The van der Waals surface area contributed by atoms with E-state index in [2.05, 4.69) is 5.32 Å². The lowest BCUT2D eigenvalue weighted by Crippen LogP contribution is -2.83. The third-order valence-electron chi connectivity index (χ3n) is 3.84. The summed E-state index contributed by atoms with van der Waals surface area (Å²) in [5.41, 5.74) is 4.92. The zero-order valence-electron chi connectivity index (χ0n) is 12.0. The zero-order valence-corrected chi connectivity index (χ0v) is 12.8. The molecule has 2 amide bonds. The molecule has 23 heavy (non-hydrogen) atoms. The van der Waals surface area contributed by atoms with Crippen molar-refractivity contribution in [2.24, 2.45) is 5.73 Å². The summed E-state index contributed by atoms with van der Waals surface area (Å²) >= 11 is 1.34. The summed E-state index contributed by atoms with van der Waals surface area (Å²) in [5, 5.41) is 11.2. The number of carbonyl (C=O) groups is 3. The van der Waals surface area contributed by atoms with Crippen LogP contribution in [-0.2, 0) is 20.9 Å². The number of amides is 2. The van der Waals surface area contributed by atoms with E-state index >= 15 is 0 Å². The molecule has 0 radical (unpaired) electrons. The molecule has 3 heterocycles. The van der Waals surface area contributed by atoms with E-state index in [1.165, 1.54) is 11.8 Å². The molecule has 1 saturated heterocycles. The summed E-state index contributed by atoms with van der Waals surface area (Å²) in [6.45, 7) is 0.366. The normalized spacial score (nSPS) is 26.4. The molecule has 2 aliphatic rings. The molecule has 0 spiro atoms. The van der Waals surface area contributed by atoms with E-state index in [9.17, 15) is 19.5 Å². The monoisotopic (exact) mass is 335 g/mol. The van der Waals surface area contributed by atoms with Crippen molar-refractivity contribution in [3.8, 4) is 0 Å². The van der Waals surface area contributed by atoms with Gasteiger partial charge in [0, 0.05) is 23.5 Å². The van der Waals surface area contributed by atoms with Gasteiger partial charge in [0.15, 0.2) is 18.9 Å². The minimum absolute atomic E-state index is 0.0520. The van der Waals surface area contributed by atoms with Gasteiger partial charge >= 0.3 is 5.97 Å². The fourth-order valence-electron chi connectivity index (χ4n) is 2.76. The SMILES string of the molecule is N[C@]1(NC=O)C(=O)N2C(C(=O)O)=C(C[n+]3ccccc3)CS[C@@H]21. The van der Waals surface area contributed by atoms with Crippen LogP contribution in [-0.4, -0.2) is 45.1 Å². The average Bonchev–Trinajstić information content (AvgIpc) is 2.54. The van der Waals surface area contributed by atoms with Crippen LogP contribution in [0.5, 0.6) is 0 Å². The Morgan fingerprint density at radius 2 is 2.22 bits per heavy atom. The van der Waals surface area contributed by atoms with Crippen LogP contribution in [0.15, 0.2) is 41.9 Å². The molecule has 1 fully saturated rings. The number of nitrogens with two attached hydrogens (primary N) is 1. The fraction of sp³-hybridized carbons (Fsp3) is 0.286. The first-order valence-corrected chi connectivity index (χ1v) is 7.89. The highest BCUT2D eigenvalue weighted by molar-refractivity contribution is 8.00. The molecule has 1 aromatic rings. The van der Waals surface area contributed by atoms with Crippen LogP contribution in [0.2, 0.25) is 0 Å². The fourth-order valence-corrected chi connectivity index (χ4v) is 4.13. The Labute approximate surface area is 135 Å². The number of carbonyl (C=O) groups excluding carboxylic acids is 2. The molecule has 8 nitrogen and oxygen atoms in total. The predicted octanol–water partition coefficient (Wildman–Crippen LogP) is -1.37. The standard InChI is InChI=1S/C14H14N4O4S/c15-14(16-8-19)12(22)18-10(11(20)21)9(7-23-13(14)18)6-17-4-2-1-3-5-17/h1-5,8,13H,6-7,15H2,(H-,16,19,20,21)/p+1/t13-,14+/m1/s1. The molecule has 0 aliphatic carbocycles. The molecule has 0 saturated carbocycles. The number of aromatic nitrogens is 1. The van der Waals surface area contributed by atoms with Gasteiger partial charge in [-0.15, -0.1) is 11.8 Å². The molecular formula is C14H15N4O4S+. The molecule has 3 rings (SSSR count). The number of carboxylic acids is 1. The number of pyridine rings is 1. The summed E-state index contributed by atoms with van der Waals surface area (Å²) < 4.78 is 1.84. The predicted molar refractivity (Wildman–Crippen MR) is 80.5 cm³/mol. The van der Waals surface area contributed by atoms with Crippen LogP contribution < -0.4 is 15.6 Å². The number of fused-ring (bicyclic) bond motifs is 1. The molecule has 0 bridgehead atoms. The molecule has 2 aliphatic heterocycles. The number of hydrogen-bond donors (Lipinski definition) is 3. The Kier molecular flexibility index (Phi) is 3.82. The second-order valence-corrected chi connectivity index (χ2v) is 6.34. The number of rotatable bonds is 5. The lowest BCUT2D eigenvalue weighted by atomic mass is 9.96. The molecular weight excluding hydrogens is 320 g/mol. The van der Waals surface area contributed by atoms with Gasteiger partial charge in [-0.3, -0.25) is 20.2 Å². The number of carboxylic acid groups (broad SMARTS) is 1. The van der Waals surface area contributed by atoms with Gasteiger partial charge in [0.05, 0.1) is 0 Å². The first-order chi connectivity index (χ1) is 11.0. The highest BCUT2D eigenvalue weighted by atomic mass is 32.2. The lowest BCUT2D eigenvalue weighted by molar-refractivity contribution is -0.689. The molecule has 0 unspecified atom stereocenters. The van der Waals surface area contributed by atoms with Crippen LogP contribution in [0.3, 0.4) is 0 Å². The van der Waals surface area contributed by atoms with Crippen LogP contribution >= 0.6 is 11.8 Å². The van der Waals surface area contributed by atoms with Crippen molar-refractivity contribution < 1.29 is 24.1 Å². The minimum atomic E-state index is -1.54. The van der Waals surface area contributed by atoms with Gasteiger partial charge in [0.1, 0.15) is 11.1 Å². The van der Waals surface area contributed by atoms with E-state index in [0.29, 0.717) is 24.3 Å². The van der Waals surface area contributed by atoms with E-state index in [0.717, 1.165) is 4.90 Å². The molecule has 2 atom stereocenters. The number of nitrogens with one attached hydrogen (secondary N) is 1. The van der Waals surface area contributed by atoms with Crippen molar-refractivity contribution in [3.05, 3.63) is 41.9 Å². The second-order valence-electron chi connectivity index (χ2n) is 5.27. The third kappa shape index (κ3) is 2.37. The van der Waals surface area contributed by atoms with E-state index in [-0.39, 0.29) is 5.70 Å². The van der Waals surface area contributed by atoms with Gasteiger partial charge in [-0.25, -0.2) is 9.36 Å². The summed E-state index contributed by atoms with van der Waals surface area (Å²) in [4.78, 5) is 35.8. The Morgan fingerprint density at radius 1 is 1.52 bits per heavy atom. The Morgan fingerprint density at radius 3 is 2.83 bits per heavy atom. The largest absolute Gasteiger partial charge is 0.477 e. The Bertz CT molecular complexity index is 708. The minimum Gasteiger partial charge on any atom is -0.477 e. The van der Waals surface area contributed by atoms with E-state index in [1.807, 2.05) is 35.2 Å².